The topological polar surface area (TPSA) is 63.8 Å². The average Bonchev–Trinajstić information content (AvgIpc) is 3.13. The van der Waals surface area contributed by atoms with Crippen LogP contribution >= 0.6 is 22.6 Å². The van der Waals surface area contributed by atoms with Gasteiger partial charge in [-0.15, -0.1) is 0 Å². The summed E-state index contributed by atoms with van der Waals surface area (Å²) in [5.74, 6) is 0.629. The Hall–Kier alpha value is -2.87. The summed E-state index contributed by atoms with van der Waals surface area (Å²) in [6, 6.07) is 19.2. The van der Waals surface area contributed by atoms with E-state index in [0.717, 1.165) is 31.0 Å². The van der Waals surface area contributed by atoms with Crippen molar-refractivity contribution in [2.45, 2.75) is 0 Å². The molecule has 0 aliphatic heterocycles. The van der Waals surface area contributed by atoms with Crippen LogP contribution in [0.25, 0.3) is 21.7 Å². The number of halogens is 1. The van der Waals surface area contributed by atoms with Gasteiger partial charge in [-0.25, -0.2) is 5.43 Å². The number of carbonyl (C=O) groups is 1. The molecule has 0 spiro atoms. The molecular formula is C21H15IN2O3. The Morgan fingerprint density at radius 2 is 1.96 bits per heavy atom. The van der Waals surface area contributed by atoms with E-state index in [9.17, 15) is 4.79 Å². The lowest BCUT2D eigenvalue weighted by atomic mass is 10.1. The van der Waals surface area contributed by atoms with Gasteiger partial charge in [0.1, 0.15) is 11.3 Å². The second kappa shape index (κ2) is 7.40. The number of amides is 1. The van der Waals surface area contributed by atoms with Crippen LogP contribution in [0.2, 0.25) is 0 Å². The minimum absolute atomic E-state index is 0.225. The maximum absolute atomic E-state index is 12.4. The van der Waals surface area contributed by atoms with Gasteiger partial charge in [0.25, 0.3) is 0 Å². The minimum Gasteiger partial charge on any atom is -0.496 e. The number of rotatable bonds is 4. The maximum atomic E-state index is 12.4. The summed E-state index contributed by atoms with van der Waals surface area (Å²) in [4.78, 5) is 12.4. The molecule has 0 saturated heterocycles. The molecule has 0 radical (unpaired) electrons. The molecule has 0 aliphatic rings. The van der Waals surface area contributed by atoms with Gasteiger partial charge in [-0.2, -0.15) is 5.10 Å². The van der Waals surface area contributed by atoms with E-state index in [2.05, 4.69) is 33.1 Å². The van der Waals surface area contributed by atoms with Crippen LogP contribution in [0.5, 0.6) is 5.75 Å². The minimum atomic E-state index is -0.394. The van der Waals surface area contributed by atoms with Gasteiger partial charge in [-0.1, -0.05) is 30.3 Å². The van der Waals surface area contributed by atoms with E-state index in [0.29, 0.717) is 5.58 Å². The predicted octanol–water partition coefficient (Wildman–Crippen LogP) is 4.96. The standard InChI is InChI=1S/C21H15IN2O3/c1-26-19-8-6-13(10-17(19)22)12-23-24-21(25)20-11-16-15-5-3-2-4-14(15)7-9-18(16)27-20/h2-12H,1H3,(H,24,25)/b23-12+. The van der Waals surface area contributed by atoms with Crippen molar-refractivity contribution >= 4 is 56.5 Å². The quantitative estimate of drug-likeness (QED) is 0.261. The lowest BCUT2D eigenvalue weighted by molar-refractivity contribution is 0.0929. The predicted molar refractivity (Wildman–Crippen MR) is 114 cm³/mol. The number of hydrazone groups is 1. The number of ether oxygens (including phenoxy) is 1. The molecule has 0 saturated carbocycles. The zero-order valence-corrected chi connectivity index (χ0v) is 16.6. The third kappa shape index (κ3) is 3.52. The highest BCUT2D eigenvalue weighted by atomic mass is 127. The fraction of sp³-hybridized carbons (Fsp3) is 0.0476. The van der Waals surface area contributed by atoms with Gasteiger partial charge < -0.3 is 9.15 Å². The highest BCUT2D eigenvalue weighted by Crippen LogP contribution is 2.28. The Balaban J connectivity index is 1.54. The van der Waals surface area contributed by atoms with Crippen LogP contribution in [0.3, 0.4) is 0 Å². The number of hydrogen-bond acceptors (Lipinski definition) is 4. The maximum Gasteiger partial charge on any atom is 0.307 e. The summed E-state index contributed by atoms with van der Waals surface area (Å²) in [6.45, 7) is 0. The molecule has 3 aromatic carbocycles. The molecule has 4 rings (SSSR count). The Kier molecular flexibility index (Phi) is 4.81. The molecule has 0 unspecified atom stereocenters. The molecule has 0 fully saturated rings. The average molecular weight is 470 g/mol. The third-order valence-corrected chi connectivity index (χ3v) is 5.05. The molecule has 1 amide bonds. The highest BCUT2D eigenvalue weighted by molar-refractivity contribution is 14.1. The van der Waals surface area contributed by atoms with Crippen molar-refractivity contribution in [2.75, 3.05) is 7.11 Å². The summed E-state index contributed by atoms with van der Waals surface area (Å²) < 4.78 is 11.9. The SMILES string of the molecule is COc1ccc(/C=N/NC(=O)c2cc3c(ccc4ccccc43)o2)cc1I. The van der Waals surface area contributed by atoms with Crippen LogP contribution in [0.15, 0.2) is 70.2 Å². The number of nitrogens with zero attached hydrogens (tertiary/aromatic N) is 1. The Morgan fingerprint density at radius 3 is 2.78 bits per heavy atom. The van der Waals surface area contributed by atoms with Gasteiger partial charge in [0.2, 0.25) is 0 Å². The van der Waals surface area contributed by atoms with Gasteiger partial charge in [0.05, 0.1) is 16.9 Å². The van der Waals surface area contributed by atoms with Crippen LogP contribution in [-0.4, -0.2) is 19.2 Å². The van der Waals surface area contributed by atoms with Gasteiger partial charge in [0.15, 0.2) is 5.76 Å². The van der Waals surface area contributed by atoms with Crippen molar-refractivity contribution in [3.63, 3.8) is 0 Å². The molecule has 134 valence electrons. The van der Waals surface area contributed by atoms with Crippen LogP contribution in [-0.2, 0) is 0 Å². The first-order valence-corrected chi connectivity index (χ1v) is 9.32. The molecule has 4 aromatic rings. The lowest BCUT2D eigenvalue weighted by Crippen LogP contribution is -2.16. The fourth-order valence-corrected chi connectivity index (χ4v) is 3.65. The van der Waals surface area contributed by atoms with E-state index in [1.807, 2.05) is 54.6 Å². The van der Waals surface area contributed by atoms with Crippen LogP contribution in [0.1, 0.15) is 16.1 Å². The van der Waals surface area contributed by atoms with E-state index in [1.165, 1.54) is 0 Å². The Labute approximate surface area is 169 Å². The number of carbonyl (C=O) groups excluding carboxylic acids is 1. The number of furan rings is 1. The first-order valence-electron chi connectivity index (χ1n) is 8.24. The number of fused-ring (bicyclic) bond motifs is 3. The first-order chi connectivity index (χ1) is 13.2. The molecule has 27 heavy (non-hydrogen) atoms. The molecule has 6 heteroatoms. The van der Waals surface area contributed by atoms with Crippen LogP contribution in [0.4, 0.5) is 0 Å². The van der Waals surface area contributed by atoms with E-state index in [4.69, 9.17) is 9.15 Å². The van der Waals surface area contributed by atoms with E-state index in [1.54, 1.807) is 19.4 Å². The fourth-order valence-electron chi connectivity index (χ4n) is 2.89. The molecule has 0 bridgehead atoms. The number of hydrogen-bond donors (Lipinski definition) is 1. The largest absolute Gasteiger partial charge is 0.496 e. The summed E-state index contributed by atoms with van der Waals surface area (Å²) >= 11 is 2.19. The number of benzene rings is 3. The van der Waals surface area contributed by atoms with Crippen molar-refractivity contribution in [1.82, 2.24) is 5.43 Å². The van der Waals surface area contributed by atoms with Gasteiger partial charge in [-0.05, 0) is 69.3 Å². The molecular weight excluding hydrogens is 455 g/mol. The molecule has 0 atom stereocenters. The molecule has 1 heterocycles. The number of methoxy groups -OCH3 is 1. The Bertz CT molecular complexity index is 1180. The number of nitrogens with one attached hydrogen (secondary N) is 1. The van der Waals surface area contributed by atoms with E-state index >= 15 is 0 Å². The first kappa shape index (κ1) is 17.5. The second-order valence-corrected chi connectivity index (χ2v) is 7.06. The highest BCUT2D eigenvalue weighted by Gasteiger charge is 2.13. The smallest absolute Gasteiger partial charge is 0.307 e. The van der Waals surface area contributed by atoms with Gasteiger partial charge in [0, 0.05) is 5.39 Å². The summed E-state index contributed by atoms with van der Waals surface area (Å²) in [6.07, 6.45) is 1.58. The molecule has 1 N–H and O–H groups in total. The van der Waals surface area contributed by atoms with E-state index < -0.39 is 5.91 Å². The summed E-state index contributed by atoms with van der Waals surface area (Å²) in [5, 5.41) is 7.08. The molecule has 1 aromatic heterocycles. The van der Waals surface area contributed by atoms with Crippen molar-refractivity contribution < 1.29 is 13.9 Å². The van der Waals surface area contributed by atoms with Crippen molar-refractivity contribution in [3.8, 4) is 5.75 Å². The van der Waals surface area contributed by atoms with Gasteiger partial charge >= 0.3 is 5.91 Å². The van der Waals surface area contributed by atoms with E-state index in [-0.39, 0.29) is 5.76 Å². The van der Waals surface area contributed by atoms with Gasteiger partial charge in [-0.3, -0.25) is 4.79 Å². The lowest BCUT2D eigenvalue weighted by Gasteiger charge is -2.03. The van der Waals surface area contributed by atoms with Crippen molar-refractivity contribution in [3.05, 3.63) is 75.6 Å². The summed E-state index contributed by atoms with van der Waals surface area (Å²) in [5.41, 5.74) is 4.04. The Morgan fingerprint density at radius 1 is 1.11 bits per heavy atom. The second-order valence-electron chi connectivity index (χ2n) is 5.90. The summed E-state index contributed by atoms with van der Waals surface area (Å²) in [7, 11) is 1.63. The monoisotopic (exact) mass is 470 g/mol. The van der Waals surface area contributed by atoms with Crippen LogP contribution in [0, 0.1) is 3.57 Å². The normalized spacial score (nSPS) is 11.3. The molecule has 5 nitrogen and oxygen atoms in total. The third-order valence-electron chi connectivity index (χ3n) is 4.21. The van der Waals surface area contributed by atoms with Crippen molar-refractivity contribution in [1.29, 1.82) is 0 Å². The van der Waals surface area contributed by atoms with Crippen molar-refractivity contribution in [2.24, 2.45) is 5.10 Å². The zero-order valence-electron chi connectivity index (χ0n) is 14.4. The molecule has 0 aliphatic carbocycles. The zero-order chi connectivity index (χ0) is 18.8. The van der Waals surface area contributed by atoms with Crippen LogP contribution < -0.4 is 10.2 Å².